The summed E-state index contributed by atoms with van der Waals surface area (Å²) in [6.45, 7) is 7.54. The molecule has 0 bridgehead atoms. The molecule has 1 aromatic heterocycles. The Morgan fingerprint density at radius 3 is 2.95 bits per heavy atom. The Kier molecular flexibility index (Phi) is 6.08. The average molecular weight is 308 g/mol. The predicted octanol–water partition coefficient (Wildman–Crippen LogP) is 3.36. The molecule has 0 unspecified atom stereocenters. The third-order valence-corrected chi connectivity index (χ3v) is 3.17. The van der Waals surface area contributed by atoms with E-state index in [1.807, 2.05) is 12.1 Å². The summed E-state index contributed by atoms with van der Waals surface area (Å²) in [7, 11) is 0. The van der Waals surface area contributed by atoms with Gasteiger partial charge in [0, 0.05) is 12.7 Å². The van der Waals surface area contributed by atoms with Crippen LogP contribution in [-0.2, 0) is 13.1 Å². The highest BCUT2D eigenvalue weighted by Gasteiger charge is 2.00. The minimum absolute atomic E-state index is 0.570. The normalized spacial score (nSPS) is 11.0. The van der Waals surface area contributed by atoms with E-state index < -0.39 is 0 Å². The van der Waals surface area contributed by atoms with Crippen LogP contribution in [0.5, 0.6) is 5.75 Å². The van der Waals surface area contributed by atoms with Crippen molar-refractivity contribution >= 4 is 11.6 Å². The van der Waals surface area contributed by atoms with Crippen LogP contribution in [0.2, 0.25) is 5.02 Å². The molecule has 0 atom stereocenters. The molecule has 5 heteroatoms. The van der Waals surface area contributed by atoms with Crippen molar-refractivity contribution in [1.82, 2.24) is 15.1 Å². The fraction of sp³-hybridized carbons (Fsp3) is 0.438. The minimum Gasteiger partial charge on any atom is -0.492 e. The van der Waals surface area contributed by atoms with Crippen LogP contribution in [0.25, 0.3) is 0 Å². The van der Waals surface area contributed by atoms with Crippen LogP contribution < -0.4 is 10.1 Å². The second kappa shape index (κ2) is 8.05. The van der Waals surface area contributed by atoms with Crippen molar-refractivity contribution in [2.45, 2.75) is 26.9 Å². The minimum atomic E-state index is 0.570. The van der Waals surface area contributed by atoms with Crippen LogP contribution in [0.4, 0.5) is 0 Å². The number of halogens is 1. The van der Waals surface area contributed by atoms with Crippen LogP contribution in [0.1, 0.15) is 19.4 Å². The van der Waals surface area contributed by atoms with E-state index in [-0.39, 0.29) is 0 Å². The first-order chi connectivity index (χ1) is 10.1. The zero-order valence-corrected chi connectivity index (χ0v) is 13.3. The van der Waals surface area contributed by atoms with Crippen LogP contribution in [0.15, 0.2) is 36.7 Å². The molecule has 0 amide bonds. The van der Waals surface area contributed by atoms with Crippen molar-refractivity contribution in [3.05, 3.63) is 47.2 Å². The Hall–Kier alpha value is -1.52. The lowest BCUT2D eigenvalue weighted by Gasteiger charge is -2.10. The van der Waals surface area contributed by atoms with Gasteiger partial charge in [0.2, 0.25) is 0 Å². The summed E-state index contributed by atoms with van der Waals surface area (Å²) in [5, 5.41) is 8.19. The Morgan fingerprint density at radius 2 is 2.24 bits per heavy atom. The third kappa shape index (κ3) is 5.78. The first kappa shape index (κ1) is 15.9. The molecule has 114 valence electrons. The first-order valence-corrected chi connectivity index (χ1v) is 7.61. The van der Waals surface area contributed by atoms with Gasteiger partial charge in [-0.3, -0.25) is 4.68 Å². The molecule has 2 rings (SSSR count). The van der Waals surface area contributed by atoms with E-state index in [0.717, 1.165) is 18.8 Å². The van der Waals surface area contributed by atoms with Gasteiger partial charge in [0.1, 0.15) is 12.4 Å². The van der Waals surface area contributed by atoms with Gasteiger partial charge >= 0.3 is 0 Å². The maximum atomic E-state index is 5.82. The number of nitrogens with one attached hydrogen (secondary N) is 1. The average Bonchev–Trinajstić information content (AvgIpc) is 2.85. The van der Waals surface area contributed by atoms with Gasteiger partial charge in [0.25, 0.3) is 0 Å². The third-order valence-electron chi connectivity index (χ3n) is 2.97. The Bertz CT molecular complexity index is 554. The Labute approximate surface area is 131 Å². The maximum Gasteiger partial charge on any atom is 0.119 e. The fourth-order valence-electron chi connectivity index (χ4n) is 1.97. The number of hydrogen-bond donors (Lipinski definition) is 1. The van der Waals surface area contributed by atoms with Gasteiger partial charge in [-0.2, -0.15) is 5.10 Å². The van der Waals surface area contributed by atoms with Crippen molar-refractivity contribution in [1.29, 1.82) is 0 Å². The molecule has 0 aliphatic rings. The number of aromatic nitrogens is 2. The van der Waals surface area contributed by atoms with Crippen LogP contribution in [-0.4, -0.2) is 22.9 Å². The molecule has 2 aromatic rings. The first-order valence-electron chi connectivity index (χ1n) is 7.24. The highest BCUT2D eigenvalue weighted by molar-refractivity contribution is 6.30. The van der Waals surface area contributed by atoms with Gasteiger partial charge in [-0.25, -0.2) is 0 Å². The van der Waals surface area contributed by atoms with E-state index in [4.69, 9.17) is 16.3 Å². The fourth-order valence-corrected chi connectivity index (χ4v) is 2.12. The number of rotatable bonds is 8. The van der Waals surface area contributed by atoms with Gasteiger partial charge < -0.3 is 10.1 Å². The SMILES string of the molecule is CC(C)CNCc1cccc(OCCn2cc(Cl)cn2)c1. The summed E-state index contributed by atoms with van der Waals surface area (Å²) in [4.78, 5) is 0. The van der Waals surface area contributed by atoms with Gasteiger partial charge in [-0.1, -0.05) is 37.6 Å². The highest BCUT2D eigenvalue weighted by atomic mass is 35.5. The summed E-state index contributed by atoms with van der Waals surface area (Å²) in [5.74, 6) is 1.54. The standard InChI is InChI=1S/C16H22ClN3O/c1-13(2)9-18-10-14-4-3-5-16(8-14)21-7-6-20-12-15(17)11-19-20/h3-5,8,11-13,18H,6-7,9-10H2,1-2H3. The van der Waals surface area contributed by atoms with E-state index in [2.05, 4.69) is 36.4 Å². The van der Waals surface area contributed by atoms with Crippen molar-refractivity contribution in [3.8, 4) is 5.75 Å². The van der Waals surface area contributed by atoms with Gasteiger partial charge in [-0.15, -0.1) is 0 Å². The number of ether oxygens (including phenoxy) is 1. The summed E-state index contributed by atoms with van der Waals surface area (Å²) in [6, 6.07) is 8.17. The molecule has 0 aliphatic carbocycles. The van der Waals surface area contributed by atoms with E-state index in [0.29, 0.717) is 24.1 Å². The molecule has 0 fully saturated rings. The zero-order valence-electron chi connectivity index (χ0n) is 12.6. The molecule has 1 N–H and O–H groups in total. The summed E-state index contributed by atoms with van der Waals surface area (Å²) in [6.07, 6.45) is 3.42. The molecule has 0 saturated heterocycles. The highest BCUT2D eigenvalue weighted by Crippen LogP contribution is 2.13. The van der Waals surface area contributed by atoms with Crippen molar-refractivity contribution < 1.29 is 4.74 Å². The summed E-state index contributed by atoms with van der Waals surface area (Å²) in [5.41, 5.74) is 1.23. The van der Waals surface area contributed by atoms with E-state index in [1.165, 1.54) is 5.56 Å². The lowest BCUT2D eigenvalue weighted by atomic mass is 10.2. The largest absolute Gasteiger partial charge is 0.492 e. The van der Waals surface area contributed by atoms with Gasteiger partial charge in [0.05, 0.1) is 17.8 Å². The smallest absolute Gasteiger partial charge is 0.119 e. The van der Waals surface area contributed by atoms with Crippen molar-refractivity contribution in [2.24, 2.45) is 5.92 Å². The zero-order chi connectivity index (χ0) is 15.1. The predicted molar refractivity (Wildman–Crippen MR) is 85.7 cm³/mol. The van der Waals surface area contributed by atoms with Crippen molar-refractivity contribution in [3.63, 3.8) is 0 Å². The molecule has 0 spiro atoms. The topological polar surface area (TPSA) is 39.1 Å². The summed E-state index contributed by atoms with van der Waals surface area (Å²) < 4.78 is 7.53. The van der Waals surface area contributed by atoms with E-state index in [1.54, 1.807) is 17.1 Å². The molecule has 1 aromatic carbocycles. The summed E-state index contributed by atoms with van der Waals surface area (Å²) >= 11 is 5.82. The van der Waals surface area contributed by atoms with Gasteiger partial charge in [0.15, 0.2) is 0 Å². The molecule has 1 heterocycles. The lowest BCUT2D eigenvalue weighted by molar-refractivity contribution is 0.291. The molecule has 0 radical (unpaired) electrons. The van der Waals surface area contributed by atoms with Crippen LogP contribution in [0, 0.1) is 5.92 Å². The Balaban J connectivity index is 1.77. The maximum absolute atomic E-state index is 5.82. The molecule has 0 saturated carbocycles. The molecule has 4 nitrogen and oxygen atoms in total. The number of nitrogens with zero attached hydrogens (tertiary/aromatic N) is 2. The molecular weight excluding hydrogens is 286 g/mol. The van der Waals surface area contributed by atoms with E-state index in [9.17, 15) is 0 Å². The van der Waals surface area contributed by atoms with Gasteiger partial charge in [-0.05, 0) is 30.2 Å². The number of hydrogen-bond acceptors (Lipinski definition) is 3. The molecule has 21 heavy (non-hydrogen) atoms. The van der Waals surface area contributed by atoms with Crippen molar-refractivity contribution in [2.75, 3.05) is 13.2 Å². The molecular formula is C16H22ClN3O. The quantitative estimate of drug-likeness (QED) is 0.813. The molecule has 0 aliphatic heterocycles. The monoisotopic (exact) mass is 307 g/mol. The van der Waals surface area contributed by atoms with E-state index >= 15 is 0 Å². The lowest BCUT2D eigenvalue weighted by Crippen LogP contribution is -2.18. The van der Waals surface area contributed by atoms with Crippen LogP contribution >= 0.6 is 11.6 Å². The Morgan fingerprint density at radius 1 is 1.38 bits per heavy atom. The van der Waals surface area contributed by atoms with Crippen LogP contribution in [0.3, 0.4) is 0 Å². The number of benzene rings is 1. The second-order valence-electron chi connectivity index (χ2n) is 5.44. The second-order valence-corrected chi connectivity index (χ2v) is 5.88.